The van der Waals surface area contributed by atoms with Gasteiger partial charge in [0.2, 0.25) is 5.91 Å². The number of primary amides is 1. The van der Waals surface area contributed by atoms with E-state index in [0.717, 1.165) is 22.4 Å². The summed E-state index contributed by atoms with van der Waals surface area (Å²) in [7, 11) is 1.66. The molecule has 96 valence electrons. The Morgan fingerprint density at radius 2 is 1.79 bits per heavy atom. The molecule has 0 aliphatic rings. The predicted octanol–water partition coefficient (Wildman–Crippen LogP) is 2.86. The van der Waals surface area contributed by atoms with E-state index in [4.69, 9.17) is 10.5 Å². The lowest BCUT2D eigenvalue weighted by Crippen LogP contribution is -2.04. The van der Waals surface area contributed by atoms with Gasteiger partial charge in [-0.25, -0.2) is 0 Å². The summed E-state index contributed by atoms with van der Waals surface area (Å²) in [6.07, 6.45) is 3.03. The van der Waals surface area contributed by atoms with Gasteiger partial charge in [-0.1, -0.05) is 42.5 Å². The van der Waals surface area contributed by atoms with Gasteiger partial charge in [-0.3, -0.25) is 4.79 Å². The Morgan fingerprint density at radius 3 is 2.42 bits per heavy atom. The van der Waals surface area contributed by atoms with Gasteiger partial charge in [0.05, 0.1) is 7.11 Å². The zero-order valence-corrected chi connectivity index (χ0v) is 10.7. The molecule has 0 aromatic heterocycles. The average molecular weight is 253 g/mol. The van der Waals surface area contributed by atoms with E-state index in [-0.39, 0.29) is 0 Å². The SMILES string of the molecule is COc1ccccc1-c1ccc(/C=C\C(N)=O)cc1. The second-order valence-electron chi connectivity index (χ2n) is 4.06. The first kappa shape index (κ1) is 12.9. The Labute approximate surface area is 112 Å². The first-order chi connectivity index (χ1) is 9.20. The van der Waals surface area contributed by atoms with Crippen molar-refractivity contribution < 1.29 is 9.53 Å². The van der Waals surface area contributed by atoms with Gasteiger partial charge < -0.3 is 10.5 Å². The molecule has 0 fully saturated rings. The fourth-order valence-electron chi connectivity index (χ4n) is 1.84. The lowest BCUT2D eigenvalue weighted by molar-refractivity contribution is -0.113. The molecule has 0 spiro atoms. The van der Waals surface area contributed by atoms with Crippen LogP contribution in [0.1, 0.15) is 5.56 Å². The third-order valence-corrected chi connectivity index (χ3v) is 2.77. The molecule has 2 aromatic rings. The zero-order chi connectivity index (χ0) is 13.7. The van der Waals surface area contributed by atoms with Gasteiger partial charge in [0.15, 0.2) is 0 Å². The number of hydrogen-bond acceptors (Lipinski definition) is 2. The fourth-order valence-corrected chi connectivity index (χ4v) is 1.84. The molecule has 0 unspecified atom stereocenters. The minimum absolute atomic E-state index is 0.450. The second-order valence-corrected chi connectivity index (χ2v) is 4.06. The molecule has 0 heterocycles. The number of methoxy groups -OCH3 is 1. The monoisotopic (exact) mass is 253 g/mol. The lowest BCUT2D eigenvalue weighted by atomic mass is 10.0. The number of carbonyl (C=O) groups is 1. The first-order valence-corrected chi connectivity index (χ1v) is 5.91. The summed E-state index contributed by atoms with van der Waals surface area (Å²) >= 11 is 0. The largest absolute Gasteiger partial charge is 0.496 e. The first-order valence-electron chi connectivity index (χ1n) is 5.91. The molecule has 19 heavy (non-hydrogen) atoms. The normalized spacial score (nSPS) is 10.6. The van der Waals surface area contributed by atoms with Crippen molar-refractivity contribution in [2.45, 2.75) is 0 Å². The third-order valence-electron chi connectivity index (χ3n) is 2.77. The van der Waals surface area contributed by atoms with Gasteiger partial charge in [-0.05, 0) is 23.3 Å². The van der Waals surface area contributed by atoms with E-state index in [1.807, 2.05) is 48.5 Å². The van der Waals surface area contributed by atoms with E-state index in [9.17, 15) is 4.79 Å². The second kappa shape index (κ2) is 5.87. The molecule has 0 radical (unpaired) electrons. The quantitative estimate of drug-likeness (QED) is 0.852. The summed E-state index contributed by atoms with van der Waals surface area (Å²) in [5.41, 5.74) is 8.09. The molecule has 0 bridgehead atoms. The van der Waals surface area contributed by atoms with E-state index in [1.165, 1.54) is 6.08 Å². The van der Waals surface area contributed by atoms with Crippen molar-refractivity contribution >= 4 is 12.0 Å². The zero-order valence-electron chi connectivity index (χ0n) is 10.7. The Morgan fingerprint density at radius 1 is 1.11 bits per heavy atom. The number of para-hydroxylation sites is 1. The molecule has 0 aliphatic heterocycles. The highest BCUT2D eigenvalue weighted by molar-refractivity contribution is 5.90. The van der Waals surface area contributed by atoms with E-state index >= 15 is 0 Å². The van der Waals surface area contributed by atoms with Crippen LogP contribution < -0.4 is 10.5 Å². The van der Waals surface area contributed by atoms with Gasteiger partial charge in [0.25, 0.3) is 0 Å². The average Bonchev–Trinajstić information content (AvgIpc) is 2.45. The standard InChI is InChI=1S/C16H15NO2/c1-19-15-5-3-2-4-14(15)13-9-6-12(7-10-13)8-11-16(17)18/h2-11H,1H3,(H2,17,18)/b11-8-. The Balaban J connectivity index is 2.30. The molecule has 0 aliphatic carbocycles. The molecule has 1 amide bonds. The maximum absolute atomic E-state index is 10.7. The summed E-state index contributed by atoms with van der Waals surface area (Å²) in [4.78, 5) is 10.7. The molecule has 0 saturated carbocycles. The summed E-state index contributed by atoms with van der Waals surface area (Å²) in [6.45, 7) is 0. The molecular weight excluding hydrogens is 238 g/mol. The van der Waals surface area contributed by atoms with Crippen LogP contribution >= 0.6 is 0 Å². The fraction of sp³-hybridized carbons (Fsp3) is 0.0625. The molecule has 0 atom stereocenters. The van der Waals surface area contributed by atoms with Crippen molar-refractivity contribution in [3.63, 3.8) is 0 Å². The number of nitrogens with two attached hydrogens (primary N) is 1. The predicted molar refractivity (Wildman–Crippen MR) is 76.7 cm³/mol. The minimum atomic E-state index is -0.450. The van der Waals surface area contributed by atoms with Crippen molar-refractivity contribution in [2.75, 3.05) is 7.11 Å². The lowest BCUT2D eigenvalue weighted by Gasteiger charge is -2.08. The van der Waals surface area contributed by atoms with Crippen LogP contribution in [0.5, 0.6) is 5.75 Å². The van der Waals surface area contributed by atoms with Crippen LogP contribution in [0.25, 0.3) is 17.2 Å². The van der Waals surface area contributed by atoms with Crippen LogP contribution in [-0.4, -0.2) is 13.0 Å². The van der Waals surface area contributed by atoms with Crippen molar-refractivity contribution in [2.24, 2.45) is 5.73 Å². The maximum atomic E-state index is 10.7. The molecule has 3 nitrogen and oxygen atoms in total. The van der Waals surface area contributed by atoms with Crippen molar-refractivity contribution in [3.05, 3.63) is 60.2 Å². The smallest absolute Gasteiger partial charge is 0.241 e. The van der Waals surface area contributed by atoms with Crippen LogP contribution in [0.2, 0.25) is 0 Å². The molecular formula is C16H15NO2. The summed E-state index contributed by atoms with van der Waals surface area (Å²) in [5, 5.41) is 0. The van der Waals surface area contributed by atoms with Gasteiger partial charge in [-0.15, -0.1) is 0 Å². The topological polar surface area (TPSA) is 52.3 Å². The van der Waals surface area contributed by atoms with Crippen LogP contribution in [-0.2, 0) is 4.79 Å². The van der Waals surface area contributed by atoms with E-state index in [0.29, 0.717) is 0 Å². The van der Waals surface area contributed by atoms with Gasteiger partial charge in [0, 0.05) is 11.6 Å². The van der Waals surface area contributed by atoms with Gasteiger partial charge in [-0.2, -0.15) is 0 Å². The van der Waals surface area contributed by atoms with Crippen LogP contribution in [0.4, 0.5) is 0 Å². The minimum Gasteiger partial charge on any atom is -0.496 e. The highest BCUT2D eigenvalue weighted by Gasteiger charge is 2.03. The highest BCUT2D eigenvalue weighted by Crippen LogP contribution is 2.29. The Kier molecular flexibility index (Phi) is 3.98. The number of amides is 1. The van der Waals surface area contributed by atoms with Gasteiger partial charge >= 0.3 is 0 Å². The summed E-state index contributed by atoms with van der Waals surface area (Å²) in [5.74, 6) is 0.386. The van der Waals surface area contributed by atoms with Crippen molar-refractivity contribution in [1.82, 2.24) is 0 Å². The molecule has 2 N–H and O–H groups in total. The molecule has 2 aromatic carbocycles. The maximum Gasteiger partial charge on any atom is 0.241 e. The van der Waals surface area contributed by atoms with E-state index in [1.54, 1.807) is 13.2 Å². The summed E-state index contributed by atoms with van der Waals surface area (Å²) < 4.78 is 5.33. The van der Waals surface area contributed by atoms with Gasteiger partial charge in [0.1, 0.15) is 5.75 Å². The van der Waals surface area contributed by atoms with Crippen molar-refractivity contribution in [3.8, 4) is 16.9 Å². The van der Waals surface area contributed by atoms with Crippen LogP contribution in [0.15, 0.2) is 54.6 Å². The van der Waals surface area contributed by atoms with E-state index < -0.39 is 5.91 Å². The number of rotatable bonds is 4. The van der Waals surface area contributed by atoms with E-state index in [2.05, 4.69) is 0 Å². The number of carbonyl (C=O) groups excluding carboxylic acids is 1. The number of ether oxygens (including phenoxy) is 1. The highest BCUT2D eigenvalue weighted by atomic mass is 16.5. The van der Waals surface area contributed by atoms with Crippen LogP contribution in [0, 0.1) is 0 Å². The number of hydrogen-bond donors (Lipinski definition) is 1. The Bertz CT molecular complexity index is 600. The third kappa shape index (κ3) is 3.22. The molecule has 3 heteroatoms. The molecule has 2 rings (SSSR count). The van der Waals surface area contributed by atoms with Crippen molar-refractivity contribution in [1.29, 1.82) is 0 Å². The summed E-state index contributed by atoms with van der Waals surface area (Å²) in [6, 6.07) is 15.7. The Hall–Kier alpha value is -2.55. The number of benzene rings is 2. The molecule has 0 saturated heterocycles. The van der Waals surface area contributed by atoms with Crippen LogP contribution in [0.3, 0.4) is 0 Å².